The first kappa shape index (κ1) is 15.3. The topological polar surface area (TPSA) is 101 Å². The molecule has 2 amide bonds. The van der Waals surface area contributed by atoms with Crippen molar-refractivity contribution in [1.29, 1.82) is 0 Å². The number of carbonyl (C=O) groups is 3. The number of amides is 2. The number of imide groups is 1. The highest BCUT2D eigenvalue weighted by Gasteiger charge is 2.34. The number of hydrogen-bond acceptors (Lipinski definition) is 5. The van der Waals surface area contributed by atoms with Crippen molar-refractivity contribution in [2.24, 2.45) is 0 Å². The zero-order valence-corrected chi connectivity index (χ0v) is 12.1. The van der Waals surface area contributed by atoms with Crippen LogP contribution in [0.5, 0.6) is 0 Å². The Balaban J connectivity index is 1.95. The van der Waals surface area contributed by atoms with Gasteiger partial charge in [-0.25, -0.2) is 13.1 Å². The lowest BCUT2D eigenvalue weighted by Gasteiger charge is -2.12. The van der Waals surface area contributed by atoms with E-state index in [1.807, 2.05) is 0 Å². The number of sulfonamides is 1. The van der Waals surface area contributed by atoms with E-state index < -0.39 is 27.6 Å². The van der Waals surface area contributed by atoms with Crippen LogP contribution in [0.4, 0.5) is 0 Å². The normalized spacial score (nSPS) is 14.4. The fraction of sp³-hybridized carbons (Fsp3) is 0.308. The van der Waals surface area contributed by atoms with Crippen molar-refractivity contribution in [3.8, 4) is 0 Å². The van der Waals surface area contributed by atoms with Gasteiger partial charge in [0.25, 0.3) is 11.8 Å². The van der Waals surface area contributed by atoms with Gasteiger partial charge < -0.3 is 0 Å². The van der Waals surface area contributed by atoms with Crippen LogP contribution in [0.1, 0.15) is 27.1 Å². The van der Waals surface area contributed by atoms with E-state index in [1.54, 1.807) is 24.3 Å². The lowest BCUT2D eigenvalue weighted by Crippen LogP contribution is -2.34. The van der Waals surface area contributed by atoms with Crippen molar-refractivity contribution in [3.05, 3.63) is 35.4 Å². The van der Waals surface area contributed by atoms with Crippen molar-refractivity contribution in [2.45, 2.75) is 6.42 Å². The highest BCUT2D eigenvalue weighted by molar-refractivity contribution is 7.88. The van der Waals surface area contributed by atoms with Crippen molar-refractivity contribution in [1.82, 2.24) is 9.62 Å². The maximum absolute atomic E-state index is 12.0. The van der Waals surface area contributed by atoms with Crippen LogP contribution in [0, 0.1) is 0 Å². The van der Waals surface area contributed by atoms with Crippen LogP contribution in [0.15, 0.2) is 24.3 Å². The first-order valence-electron chi connectivity index (χ1n) is 6.21. The Labute approximate surface area is 122 Å². The molecule has 0 saturated carbocycles. The third-order valence-corrected chi connectivity index (χ3v) is 3.69. The predicted molar refractivity (Wildman–Crippen MR) is 74.3 cm³/mol. The van der Waals surface area contributed by atoms with Gasteiger partial charge in [-0.05, 0) is 12.1 Å². The Morgan fingerprint density at radius 1 is 1.14 bits per heavy atom. The van der Waals surface area contributed by atoms with Crippen LogP contribution >= 0.6 is 0 Å². The van der Waals surface area contributed by atoms with E-state index in [9.17, 15) is 22.8 Å². The summed E-state index contributed by atoms with van der Waals surface area (Å²) in [7, 11) is -3.44. The molecule has 0 aliphatic carbocycles. The van der Waals surface area contributed by atoms with E-state index >= 15 is 0 Å². The molecule has 0 unspecified atom stereocenters. The summed E-state index contributed by atoms with van der Waals surface area (Å²) in [5, 5.41) is 0. The second kappa shape index (κ2) is 5.74. The van der Waals surface area contributed by atoms with Crippen LogP contribution in [-0.2, 0) is 14.8 Å². The molecule has 1 aromatic carbocycles. The molecular formula is C13H14N2O5S. The van der Waals surface area contributed by atoms with E-state index in [4.69, 9.17) is 0 Å². The lowest BCUT2D eigenvalue weighted by atomic mass is 10.1. The second-order valence-electron chi connectivity index (χ2n) is 4.69. The maximum atomic E-state index is 12.0. The fourth-order valence-electron chi connectivity index (χ4n) is 1.98. The number of carbonyl (C=O) groups excluding carboxylic acids is 3. The summed E-state index contributed by atoms with van der Waals surface area (Å²) >= 11 is 0. The van der Waals surface area contributed by atoms with Gasteiger partial charge in [0.05, 0.1) is 23.9 Å². The average Bonchev–Trinajstić information content (AvgIpc) is 2.67. The zero-order chi connectivity index (χ0) is 15.6. The molecule has 8 heteroatoms. The van der Waals surface area contributed by atoms with Gasteiger partial charge >= 0.3 is 0 Å². The van der Waals surface area contributed by atoms with Gasteiger partial charge in [0.1, 0.15) is 5.78 Å². The van der Waals surface area contributed by atoms with Crippen molar-refractivity contribution in [3.63, 3.8) is 0 Å². The molecule has 0 fully saturated rings. The molecule has 1 aromatic rings. The van der Waals surface area contributed by atoms with Gasteiger partial charge in [0.15, 0.2) is 0 Å². The summed E-state index contributed by atoms with van der Waals surface area (Å²) < 4.78 is 23.8. The number of nitrogens with zero attached hydrogens (tertiary/aromatic N) is 1. The van der Waals surface area contributed by atoms with Crippen LogP contribution in [0.3, 0.4) is 0 Å². The van der Waals surface area contributed by atoms with E-state index in [2.05, 4.69) is 4.72 Å². The molecule has 0 atom stereocenters. The summed E-state index contributed by atoms with van der Waals surface area (Å²) in [6, 6.07) is 6.44. The number of hydrogen-bond donors (Lipinski definition) is 1. The number of Topliss-reactive ketones (excluding diaryl/α,β-unsaturated/α-hetero) is 1. The highest BCUT2D eigenvalue weighted by atomic mass is 32.2. The Kier molecular flexibility index (Phi) is 4.19. The van der Waals surface area contributed by atoms with Crippen molar-refractivity contribution < 1.29 is 22.8 Å². The molecule has 0 saturated heterocycles. The lowest BCUT2D eigenvalue weighted by molar-refractivity contribution is -0.118. The molecular weight excluding hydrogens is 296 g/mol. The molecule has 1 aliphatic heterocycles. The van der Waals surface area contributed by atoms with Gasteiger partial charge in [0, 0.05) is 13.0 Å². The van der Waals surface area contributed by atoms with Crippen LogP contribution < -0.4 is 4.72 Å². The minimum atomic E-state index is -3.44. The minimum Gasteiger partial charge on any atom is -0.298 e. The van der Waals surface area contributed by atoms with E-state index in [-0.39, 0.29) is 19.5 Å². The number of benzene rings is 1. The Morgan fingerprint density at radius 2 is 1.67 bits per heavy atom. The summed E-state index contributed by atoms with van der Waals surface area (Å²) in [6.07, 6.45) is 0.860. The summed E-state index contributed by atoms with van der Waals surface area (Å²) in [5.41, 5.74) is 0.647. The number of ketones is 1. The van der Waals surface area contributed by atoms with Crippen molar-refractivity contribution >= 4 is 27.6 Å². The summed E-state index contributed by atoms with van der Waals surface area (Å²) in [5.74, 6) is -1.25. The first-order chi connectivity index (χ1) is 9.79. The quantitative estimate of drug-likeness (QED) is 0.733. The van der Waals surface area contributed by atoms with Crippen molar-refractivity contribution in [2.75, 3.05) is 19.3 Å². The molecule has 2 rings (SSSR count). The average molecular weight is 310 g/mol. The Hall–Kier alpha value is -2.06. The Morgan fingerprint density at radius 3 is 2.14 bits per heavy atom. The SMILES string of the molecule is CS(=O)(=O)NCC(=O)CCN1C(=O)c2ccccc2C1=O. The standard InChI is InChI=1S/C13H14N2O5S/c1-21(19,20)14-8-9(16)6-7-15-12(17)10-4-2-3-5-11(10)13(15)18/h2-5,14H,6-8H2,1H3. The van der Waals surface area contributed by atoms with Gasteiger partial charge in [0.2, 0.25) is 10.0 Å². The van der Waals surface area contributed by atoms with E-state index in [0.29, 0.717) is 11.1 Å². The van der Waals surface area contributed by atoms with Gasteiger partial charge in [-0.2, -0.15) is 0 Å². The molecule has 0 aromatic heterocycles. The molecule has 0 radical (unpaired) electrons. The third-order valence-electron chi connectivity index (χ3n) is 3.02. The van der Waals surface area contributed by atoms with Crippen LogP contribution in [-0.4, -0.2) is 50.3 Å². The van der Waals surface area contributed by atoms with Crippen LogP contribution in [0.25, 0.3) is 0 Å². The largest absolute Gasteiger partial charge is 0.298 e. The predicted octanol–water partition coefficient (Wildman–Crippen LogP) is -0.209. The summed E-state index contributed by atoms with van der Waals surface area (Å²) in [4.78, 5) is 36.6. The molecule has 21 heavy (non-hydrogen) atoms. The van der Waals surface area contributed by atoms with E-state index in [0.717, 1.165) is 11.2 Å². The number of rotatable bonds is 6. The first-order valence-corrected chi connectivity index (χ1v) is 8.10. The molecule has 0 spiro atoms. The Bertz CT molecular complexity index is 676. The molecule has 0 bridgehead atoms. The van der Waals surface area contributed by atoms with Crippen LogP contribution in [0.2, 0.25) is 0 Å². The summed E-state index contributed by atoms with van der Waals surface area (Å²) in [6.45, 7) is -0.404. The highest BCUT2D eigenvalue weighted by Crippen LogP contribution is 2.22. The fourth-order valence-corrected chi connectivity index (χ4v) is 2.40. The third kappa shape index (κ3) is 3.53. The monoisotopic (exact) mass is 310 g/mol. The minimum absolute atomic E-state index is 0.0589. The molecule has 7 nitrogen and oxygen atoms in total. The van der Waals surface area contributed by atoms with Gasteiger partial charge in [-0.1, -0.05) is 12.1 Å². The van der Waals surface area contributed by atoms with Gasteiger partial charge in [-0.3, -0.25) is 19.3 Å². The zero-order valence-electron chi connectivity index (χ0n) is 11.3. The molecule has 1 aliphatic rings. The van der Waals surface area contributed by atoms with E-state index in [1.165, 1.54) is 0 Å². The maximum Gasteiger partial charge on any atom is 0.261 e. The number of fused-ring (bicyclic) bond motifs is 1. The van der Waals surface area contributed by atoms with Gasteiger partial charge in [-0.15, -0.1) is 0 Å². The molecule has 112 valence electrons. The molecule has 1 N–H and O–H groups in total. The smallest absolute Gasteiger partial charge is 0.261 e. The second-order valence-corrected chi connectivity index (χ2v) is 6.52. The number of nitrogens with one attached hydrogen (secondary N) is 1. The molecule has 1 heterocycles.